The Morgan fingerprint density at radius 3 is 2.66 bits per heavy atom. The molecule has 2 aliphatic rings. The van der Waals surface area contributed by atoms with Gasteiger partial charge in [0.05, 0.1) is 43.2 Å². The summed E-state index contributed by atoms with van der Waals surface area (Å²) in [4.78, 5) is 29.0. The molecule has 0 spiro atoms. The quantitative estimate of drug-likeness (QED) is 0.262. The van der Waals surface area contributed by atoms with Gasteiger partial charge in [0.15, 0.2) is 11.5 Å². The summed E-state index contributed by atoms with van der Waals surface area (Å²) in [5.41, 5.74) is 3.46. The van der Waals surface area contributed by atoms with Gasteiger partial charge in [0.25, 0.3) is 5.91 Å². The molecule has 0 aliphatic carbocycles. The van der Waals surface area contributed by atoms with Gasteiger partial charge in [-0.3, -0.25) is 9.69 Å². The number of amides is 2. The summed E-state index contributed by atoms with van der Waals surface area (Å²) in [7, 11) is 1.51. The van der Waals surface area contributed by atoms with E-state index in [1.54, 1.807) is 27.9 Å². The molecular formula is C28H29BrN4O5. The molecular weight excluding hydrogens is 552 g/mol. The number of alkyl halides is 1. The Balaban J connectivity index is 1.43. The van der Waals surface area contributed by atoms with Crippen molar-refractivity contribution in [3.8, 4) is 17.2 Å². The Morgan fingerprint density at radius 2 is 1.97 bits per heavy atom. The number of anilines is 1. The van der Waals surface area contributed by atoms with E-state index in [2.05, 4.69) is 21.0 Å². The number of halogens is 1. The van der Waals surface area contributed by atoms with Crippen molar-refractivity contribution in [3.05, 3.63) is 72.2 Å². The van der Waals surface area contributed by atoms with E-state index in [4.69, 9.17) is 9.47 Å². The van der Waals surface area contributed by atoms with E-state index < -0.39 is 6.09 Å². The van der Waals surface area contributed by atoms with Crippen LogP contribution in [0.15, 0.2) is 61.1 Å². The molecule has 0 unspecified atom stereocenters. The number of carboxylic acid groups (broad SMARTS) is 1. The largest absolute Gasteiger partial charge is 0.493 e. The lowest BCUT2D eigenvalue weighted by Crippen LogP contribution is -2.40. The molecule has 10 heteroatoms. The third-order valence-electron chi connectivity index (χ3n) is 6.85. The highest BCUT2D eigenvalue weighted by Crippen LogP contribution is 2.41. The first-order valence-corrected chi connectivity index (χ1v) is 13.7. The smallest absolute Gasteiger partial charge is 0.411 e. The molecule has 0 fully saturated rings. The Labute approximate surface area is 229 Å². The van der Waals surface area contributed by atoms with Crippen molar-refractivity contribution in [3.63, 3.8) is 0 Å². The van der Waals surface area contributed by atoms with E-state index in [0.717, 1.165) is 41.4 Å². The van der Waals surface area contributed by atoms with Crippen molar-refractivity contribution in [2.45, 2.75) is 31.7 Å². The molecule has 0 saturated heterocycles. The fraction of sp³-hybridized carbons (Fsp3) is 0.321. The van der Waals surface area contributed by atoms with Crippen molar-refractivity contribution in [2.75, 3.05) is 30.5 Å². The second-order valence-electron chi connectivity index (χ2n) is 9.23. The molecule has 2 aliphatic heterocycles. The summed E-state index contributed by atoms with van der Waals surface area (Å²) in [6.45, 7) is 0.625. The van der Waals surface area contributed by atoms with E-state index >= 15 is 0 Å². The van der Waals surface area contributed by atoms with Crippen molar-refractivity contribution in [2.24, 2.45) is 0 Å². The minimum Gasteiger partial charge on any atom is -0.493 e. The summed E-state index contributed by atoms with van der Waals surface area (Å²) in [5, 5.41) is 15.3. The van der Waals surface area contributed by atoms with Gasteiger partial charge in [-0.25, -0.2) is 9.48 Å². The van der Waals surface area contributed by atoms with E-state index in [1.807, 2.05) is 42.7 Å². The van der Waals surface area contributed by atoms with Crippen LogP contribution >= 0.6 is 15.9 Å². The minimum atomic E-state index is -1.12. The summed E-state index contributed by atoms with van der Waals surface area (Å²) in [6.07, 6.45) is 7.78. The highest BCUT2D eigenvalue weighted by molar-refractivity contribution is 9.09. The van der Waals surface area contributed by atoms with Crippen LogP contribution in [0.3, 0.4) is 0 Å². The molecule has 38 heavy (non-hydrogen) atoms. The van der Waals surface area contributed by atoms with Crippen LogP contribution in [-0.4, -0.2) is 63.4 Å². The van der Waals surface area contributed by atoms with Crippen molar-refractivity contribution >= 4 is 39.2 Å². The topological polar surface area (TPSA) is 97.1 Å². The lowest BCUT2D eigenvalue weighted by Gasteiger charge is -2.24. The molecule has 2 aromatic carbocycles. The molecule has 5 rings (SSSR count). The molecule has 1 atom stereocenters. The number of unbranched alkanes of at least 4 members (excludes halogenated alkanes) is 2. The number of carbonyl (C=O) groups is 2. The minimum absolute atomic E-state index is 0.149. The Bertz CT molecular complexity index is 1340. The zero-order chi connectivity index (χ0) is 26.6. The standard InChI is InChI=1S/C28H29BrN4O5/c1-37-25-15-23-24(16-26(25)38-13-4-2-3-10-29)32(28(35)36)18-22-14-20(17-31(22)27(23)34)19-6-8-21(9-7-19)33-12-5-11-30-33/h5-9,11-12,15-17,22H,2-4,10,13-14,18H2,1H3,(H,35,36)/t22-/m0/s1. The molecule has 3 aromatic rings. The molecule has 198 valence electrons. The number of rotatable bonds is 9. The zero-order valence-corrected chi connectivity index (χ0v) is 22.6. The second kappa shape index (κ2) is 11.3. The number of nitrogens with zero attached hydrogens (tertiary/aromatic N) is 4. The average molecular weight is 581 g/mol. The van der Waals surface area contributed by atoms with Gasteiger partial charge in [0, 0.05) is 30.0 Å². The Hall–Kier alpha value is -3.79. The first kappa shape index (κ1) is 25.8. The van der Waals surface area contributed by atoms with Gasteiger partial charge in [-0.15, -0.1) is 0 Å². The van der Waals surface area contributed by atoms with E-state index in [-0.39, 0.29) is 24.1 Å². The van der Waals surface area contributed by atoms with Crippen molar-refractivity contribution in [1.29, 1.82) is 0 Å². The zero-order valence-electron chi connectivity index (χ0n) is 21.0. The molecule has 1 N–H and O–H groups in total. The first-order chi connectivity index (χ1) is 18.5. The average Bonchev–Trinajstić information content (AvgIpc) is 3.60. The van der Waals surface area contributed by atoms with Gasteiger partial charge in [-0.05, 0) is 61.1 Å². The van der Waals surface area contributed by atoms with Crippen LogP contribution in [0.4, 0.5) is 10.5 Å². The number of benzene rings is 2. The third kappa shape index (κ3) is 5.13. The summed E-state index contributed by atoms with van der Waals surface area (Å²) < 4.78 is 13.3. The van der Waals surface area contributed by atoms with Gasteiger partial charge < -0.3 is 19.5 Å². The van der Waals surface area contributed by atoms with Crippen LogP contribution in [-0.2, 0) is 0 Å². The predicted octanol–water partition coefficient (Wildman–Crippen LogP) is 5.58. The summed E-state index contributed by atoms with van der Waals surface area (Å²) in [5.74, 6) is 0.567. The SMILES string of the molecule is COc1cc2c(cc1OCCCCCBr)N(C(=O)O)C[C@@H]1CC(c3ccc(-n4cccn4)cc3)=CN1C2=O. The van der Waals surface area contributed by atoms with E-state index in [9.17, 15) is 14.7 Å². The van der Waals surface area contributed by atoms with Crippen LogP contribution in [0.25, 0.3) is 11.3 Å². The molecule has 0 saturated carbocycles. The Kier molecular flexibility index (Phi) is 7.69. The van der Waals surface area contributed by atoms with E-state index in [1.165, 1.54) is 12.0 Å². The van der Waals surface area contributed by atoms with Crippen molar-refractivity contribution in [1.82, 2.24) is 14.7 Å². The molecule has 0 bridgehead atoms. The summed E-state index contributed by atoms with van der Waals surface area (Å²) in [6, 6.07) is 12.7. The molecule has 2 amide bonds. The van der Waals surface area contributed by atoms with E-state index in [0.29, 0.717) is 30.2 Å². The number of ether oxygens (including phenoxy) is 2. The lowest BCUT2D eigenvalue weighted by molar-refractivity contribution is 0.0794. The number of fused-ring (bicyclic) bond motifs is 2. The van der Waals surface area contributed by atoms with Gasteiger partial charge in [-0.2, -0.15) is 5.10 Å². The van der Waals surface area contributed by atoms with Gasteiger partial charge >= 0.3 is 6.09 Å². The monoisotopic (exact) mass is 580 g/mol. The van der Waals surface area contributed by atoms with Crippen LogP contribution in [0.1, 0.15) is 41.6 Å². The molecule has 0 radical (unpaired) electrons. The number of hydrogen-bond acceptors (Lipinski definition) is 5. The van der Waals surface area contributed by atoms with Gasteiger partial charge in [0.1, 0.15) is 0 Å². The normalized spacial score (nSPS) is 16.5. The maximum atomic E-state index is 13.7. The maximum absolute atomic E-state index is 13.7. The number of carbonyl (C=O) groups excluding carboxylic acids is 1. The highest BCUT2D eigenvalue weighted by atomic mass is 79.9. The highest BCUT2D eigenvalue weighted by Gasteiger charge is 2.39. The van der Waals surface area contributed by atoms with Gasteiger partial charge in [0.2, 0.25) is 0 Å². The van der Waals surface area contributed by atoms with Gasteiger partial charge in [-0.1, -0.05) is 28.1 Å². The van der Waals surface area contributed by atoms with Crippen LogP contribution in [0.2, 0.25) is 0 Å². The predicted molar refractivity (Wildman–Crippen MR) is 148 cm³/mol. The molecule has 9 nitrogen and oxygen atoms in total. The summed E-state index contributed by atoms with van der Waals surface area (Å²) >= 11 is 3.43. The second-order valence-corrected chi connectivity index (χ2v) is 10.0. The maximum Gasteiger partial charge on any atom is 0.411 e. The number of methoxy groups -OCH3 is 1. The fourth-order valence-corrected chi connectivity index (χ4v) is 5.29. The third-order valence-corrected chi connectivity index (χ3v) is 7.41. The van der Waals surface area contributed by atoms with Crippen LogP contribution in [0, 0.1) is 0 Å². The fourth-order valence-electron chi connectivity index (χ4n) is 4.90. The van der Waals surface area contributed by atoms with Crippen LogP contribution < -0.4 is 14.4 Å². The van der Waals surface area contributed by atoms with Crippen molar-refractivity contribution < 1.29 is 24.2 Å². The van der Waals surface area contributed by atoms with Crippen LogP contribution in [0.5, 0.6) is 11.5 Å². The molecule has 1 aromatic heterocycles. The number of aromatic nitrogens is 2. The molecule has 3 heterocycles. The first-order valence-electron chi connectivity index (χ1n) is 12.5. The number of hydrogen-bond donors (Lipinski definition) is 1. The lowest BCUT2D eigenvalue weighted by atomic mass is 10.0. The Morgan fingerprint density at radius 1 is 1.16 bits per heavy atom.